The molecule has 0 fully saturated rings. The summed E-state index contributed by atoms with van der Waals surface area (Å²) in [7, 11) is 0. The predicted molar refractivity (Wildman–Crippen MR) is 189 cm³/mol. The molecule has 45 heavy (non-hydrogen) atoms. The summed E-state index contributed by atoms with van der Waals surface area (Å²) < 4.78 is 7.88. The first-order valence-corrected chi connectivity index (χ1v) is 16.5. The van der Waals surface area contributed by atoms with Gasteiger partial charge in [-0.2, -0.15) is 0 Å². The van der Waals surface area contributed by atoms with Crippen LogP contribution in [0.2, 0.25) is 0 Å². The van der Waals surface area contributed by atoms with E-state index in [0.29, 0.717) is 30.0 Å². The second-order valence-corrected chi connectivity index (χ2v) is 12.3. The number of hydrogen-bond donors (Lipinski definition) is 2. The third-order valence-electron chi connectivity index (χ3n) is 7.83. The Balaban J connectivity index is 2.15. The van der Waals surface area contributed by atoms with E-state index >= 15 is 0 Å². The Bertz CT molecular complexity index is 1530. The lowest BCUT2D eigenvalue weighted by Crippen LogP contribution is -2.29. The van der Waals surface area contributed by atoms with Crippen molar-refractivity contribution in [2.24, 2.45) is 0 Å². The highest BCUT2D eigenvalue weighted by Gasteiger charge is 2.21. The van der Waals surface area contributed by atoms with Gasteiger partial charge in [-0.05, 0) is 80.6 Å². The predicted octanol–water partition coefficient (Wildman–Crippen LogP) is 8.69. The molecule has 1 heterocycles. The van der Waals surface area contributed by atoms with Gasteiger partial charge in [0, 0.05) is 35.1 Å². The zero-order valence-electron chi connectivity index (χ0n) is 28.7. The maximum Gasteiger partial charge on any atom is 0.323 e. The molecule has 0 aliphatic heterocycles. The van der Waals surface area contributed by atoms with Crippen molar-refractivity contribution in [3.05, 3.63) is 75.7 Å². The zero-order valence-corrected chi connectivity index (χ0v) is 28.7. The van der Waals surface area contributed by atoms with Crippen molar-refractivity contribution in [1.82, 2.24) is 9.47 Å². The average Bonchev–Trinajstić information content (AvgIpc) is 3.00. The van der Waals surface area contributed by atoms with Gasteiger partial charge in [0.05, 0.1) is 12.6 Å². The summed E-state index contributed by atoms with van der Waals surface area (Å²) in [4.78, 5) is 30.0. The van der Waals surface area contributed by atoms with Gasteiger partial charge in [0.2, 0.25) is 0 Å². The van der Waals surface area contributed by atoms with Crippen molar-refractivity contribution in [2.75, 3.05) is 30.3 Å². The van der Waals surface area contributed by atoms with Crippen LogP contribution < -0.4 is 20.9 Å². The van der Waals surface area contributed by atoms with Crippen molar-refractivity contribution in [1.29, 1.82) is 0 Å². The highest BCUT2D eigenvalue weighted by atomic mass is 16.5. The quantitative estimate of drug-likeness (QED) is 0.189. The summed E-state index contributed by atoms with van der Waals surface area (Å²) in [6.45, 7) is 21.8. The Labute approximate surface area is 270 Å². The molecule has 0 aliphatic rings. The van der Waals surface area contributed by atoms with Gasteiger partial charge in [-0.25, -0.2) is 4.79 Å². The molecular formula is C38H52N4O3. The molecule has 2 aromatic carbocycles. The Morgan fingerprint density at radius 2 is 1.53 bits per heavy atom. The monoisotopic (exact) mass is 612 g/mol. The number of para-hydroxylation sites is 1. The van der Waals surface area contributed by atoms with Gasteiger partial charge < -0.3 is 19.9 Å². The molecule has 0 saturated heterocycles. The molecule has 0 bridgehead atoms. The third kappa shape index (κ3) is 9.48. The number of benzene rings is 2. The molecule has 0 spiro atoms. The van der Waals surface area contributed by atoms with E-state index in [9.17, 15) is 9.59 Å². The van der Waals surface area contributed by atoms with Crippen LogP contribution in [0.15, 0.2) is 53.5 Å². The Kier molecular flexibility index (Phi) is 13.3. The largest absolute Gasteiger partial charge is 0.490 e. The molecule has 3 aromatic rings. The lowest BCUT2D eigenvalue weighted by atomic mass is 9.93. The summed E-state index contributed by atoms with van der Waals surface area (Å²) in [5.74, 6) is 7.60. The number of carbonyl (C=O) groups excluding carboxylic acids is 1. The molecule has 7 heteroatoms. The van der Waals surface area contributed by atoms with E-state index in [4.69, 9.17) is 4.74 Å². The van der Waals surface area contributed by atoms with Crippen molar-refractivity contribution in [3.8, 4) is 28.7 Å². The molecule has 3 rings (SSSR count). The first kappa shape index (κ1) is 35.5. The zero-order chi connectivity index (χ0) is 33.1. The van der Waals surface area contributed by atoms with E-state index in [1.807, 2.05) is 56.3 Å². The van der Waals surface area contributed by atoms with Gasteiger partial charge in [0.15, 0.2) is 0 Å². The molecular weight excluding hydrogens is 560 g/mol. The van der Waals surface area contributed by atoms with Crippen LogP contribution in [0, 0.1) is 11.8 Å². The SMILES string of the molecule is CCCCn1ccc(-c2cc(C#CCN(CC)CC)ccc2OC(C)C)c(NC(=O)Nc2c(C(C)C)cccc2C(C)C)c1=O. The van der Waals surface area contributed by atoms with Crippen LogP contribution in [0.3, 0.4) is 0 Å². The number of nitrogens with zero attached hydrogens (tertiary/aromatic N) is 2. The van der Waals surface area contributed by atoms with Crippen LogP contribution in [0.5, 0.6) is 5.75 Å². The minimum Gasteiger partial charge on any atom is -0.490 e. The van der Waals surface area contributed by atoms with Gasteiger partial charge in [-0.1, -0.05) is 84.9 Å². The first-order valence-electron chi connectivity index (χ1n) is 16.5. The number of urea groups is 1. The van der Waals surface area contributed by atoms with Crippen molar-refractivity contribution in [2.45, 2.75) is 99.6 Å². The molecule has 7 nitrogen and oxygen atoms in total. The highest BCUT2D eigenvalue weighted by Crippen LogP contribution is 2.36. The fourth-order valence-corrected chi connectivity index (χ4v) is 5.25. The first-order chi connectivity index (χ1) is 21.5. The van der Waals surface area contributed by atoms with E-state index in [0.717, 1.165) is 48.3 Å². The van der Waals surface area contributed by atoms with E-state index in [-0.39, 0.29) is 29.2 Å². The molecule has 0 aliphatic carbocycles. The molecule has 0 radical (unpaired) electrons. The number of amides is 2. The lowest BCUT2D eigenvalue weighted by molar-refractivity contribution is 0.243. The van der Waals surface area contributed by atoms with Gasteiger partial charge in [0.25, 0.3) is 5.56 Å². The average molecular weight is 613 g/mol. The number of rotatable bonds is 13. The minimum absolute atomic E-state index is 0.0880. The molecule has 0 saturated carbocycles. The van der Waals surface area contributed by atoms with Crippen LogP contribution in [0.4, 0.5) is 16.2 Å². The fraction of sp³-hybridized carbons (Fsp3) is 0.474. The van der Waals surface area contributed by atoms with Crippen molar-refractivity contribution in [3.63, 3.8) is 0 Å². The number of unbranched alkanes of at least 4 members (excludes halogenated alkanes) is 1. The summed E-state index contributed by atoms with van der Waals surface area (Å²) >= 11 is 0. The standard InChI is InChI=1S/C38H52N4O3/c1-10-13-23-42-24-21-32(33-25-29(16-15-22-41(11-2)12-3)19-20-34(33)45-28(8)9)36(37(42)43)40-38(44)39-35-30(26(4)5)17-14-18-31(35)27(6)7/h14,17-21,24-28H,10-13,22-23H2,1-9H3,(H2,39,40,44). The summed E-state index contributed by atoms with van der Waals surface area (Å²) in [6.07, 6.45) is 3.51. The fourth-order valence-electron chi connectivity index (χ4n) is 5.25. The molecule has 242 valence electrons. The Morgan fingerprint density at radius 1 is 0.889 bits per heavy atom. The summed E-state index contributed by atoms with van der Waals surface area (Å²) in [5, 5.41) is 6.08. The number of aryl methyl sites for hydroxylation is 1. The number of anilines is 2. The summed E-state index contributed by atoms with van der Waals surface area (Å²) in [6, 6.07) is 13.3. The maximum atomic E-state index is 14.0. The van der Waals surface area contributed by atoms with Gasteiger partial charge >= 0.3 is 6.03 Å². The number of aromatic nitrogens is 1. The number of hydrogen-bond acceptors (Lipinski definition) is 4. The lowest BCUT2D eigenvalue weighted by Gasteiger charge is -2.21. The van der Waals surface area contributed by atoms with Crippen LogP contribution in [0.1, 0.15) is 104 Å². The number of ether oxygens (including phenoxy) is 1. The van der Waals surface area contributed by atoms with Crippen molar-refractivity contribution < 1.29 is 9.53 Å². The highest BCUT2D eigenvalue weighted by molar-refractivity contribution is 6.03. The van der Waals surface area contributed by atoms with Gasteiger partial charge in [-0.15, -0.1) is 0 Å². The molecule has 2 N–H and O–H groups in total. The maximum absolute atomic E-state index is 14.0. The van der Waals surface area contributed by atoms with E-state index in [1.54, 1.807) is 10.8 Å². The number of pyridine rings is 1. The molecule has 1 aromatic heterocycles. The van der Waals surface area contributed by atoms with Crippen molar-refractivity contribution >= 4 is 17.4 Å². The molecule has 0 unspecified atom stereocenters. The smallest absolute Gasteiger partial charge is 0.323 e. The number of nitrogens with one attached hydrogen (secondary N) is 2. The molecule has 2 amide bonds. The van der Waals surface area contributed by atoms with Crippen LogP contribution in [-0.4, -0.2) is 41.2 Å². The topological polar surface area (TPSA) is 75.6 Å². The summed E-state index contributed by atoms with van der Waals surface area (Å²) in [5.41, 5.74) is 4.95. The van der Waals surface area contributed by atoms with E-state index in [2.05, 4.69) is 75.8 Å². The Morgan fingerprint density at radius 3 is 2.11 bits per heavy atom. The third-order valence-corrected chi connectivity index (χ3v) is 7.83. The molecule has 0 atom stereocenters. The normalized spacial score (nSPS) is 11.2. The minimum atomic E-state index is -0.460. The van der Waals surface area contributed by atoms with E-state index < -0.39 is 6.03 Å². The van der Waals surface area contributed by atoms with Crippen LogP contribution in [-0.2, 0) is 6.54 Å². The van der Waals surface area contributed by atoms with Crippen LogP contribution >= 0.6 is 0 Å². The van der Waals surface area contributed by atoms with Gasteiger partial charge in [-0.3, -0.25) is 9.69 Å². The van der Waals surface area contributed by atoms with E-state index in [1.165, 1.54) is 0 Å². The second-order valence-electron chi connectivity index (χ2n) is 12.3. The second kappa shape index (κ2) is 16.9. The Hall–Kier alpha value is -4.02. The van der Waals surface area contributed by atoms with Gasteiger partial charge in [0.1, 0.15) is 11.4 Å². The number of carbonyl (C=O) groups is 1. The van der Waals surface area contributed by atoms with Crippen LogP contribution in [0.25, 0.3) is 11.1 Å².